The van der Waals surface area contributed by atoms with Crippen LogP contribution in [-0.4, -0.2) is 66.3 Å². The van der Waals surface area contributed by atoms with E-state index in [0.29, 0.717) is 6.61 Å². The summed E-state index contributed by atoms with van der Waals surface area (Å²) in [6.45, 7) is 3.61. The molecule has 0 rings (SSSR count). The molecule has 3 atom stereocenters. The Bertz CT molecular complexity index is 1060. The number of rotatable bonds is 57. The van der Waals surface area contributed by atoms with Crippen molar-refractivity contribution in [3.05, 3.63) is 12.2 Å². The van der Waals surface area contributed by atoms with Crippen LogP contribution >= 0.6 is 7.82 Å². The van der Waals surface area contributed by atoms with Gasteiger partial charge >= 0.3 is 13.8 Å². The number of carbonyl (C=O) groups is 1. The van der Waals surface area contributed by atoms with Crippen LogP contribution < -0.4 is 0 Å². The molecule has 0 saturated carbocycles. The summed E-state index contributed by atoms with van der Waals surface area (Å²) in [5, 5.41) is 18.5. The molecule has 67 heavy (non-hydrogen) atoms. The van der Waals surface area contributed by atoms with E-state index in [1.165, 1.54) is 250 Å². The highest BCUT2D eigenvalue weighted by Gasteiger charge is 2.26. The third-order valence-corrected chi connectivity index (χ3v) is 14.2. The first-order valence-electron chi connectivity index (χ1n) is 29.2. The van der Waals surface area contributed by atoms with Crippen LogP contribution in [0, 0.1) is 0 Å². The summed E-state index contributed by atoms with van der Waals surface area (Å²) in [5.41, 5.74) is 0. The Morgan fingerprint density at radius 2 is 0.761 bits per heavy atom. The third-order valence-electron chi connectivity index (χ3n) is 13.2. The number of esters is 1. The summed E-state index contributed by atoms with van der Waals surface area (Å²) in [6.07, 6.45) is 60.5. The van der Waals surface area contributed by atoms with Gasteiger partial charge in [-0.1, -0.05) is 270 Å². The number of hydrogen-bond acceptors (Lipinski definition) is 8. The number of aliphatic hydroxyl groups is 2. The molecule has 9 nitrogen and oxygen atoms in total. The summed E-state index contributed by atoms with van der Waals surface area (Å²) in [6, 6.07) is 0. The van der Waals surface area contributed by atoms with Crippen LogP contribution in [0.5, 0.6) is 0 Å². The van der Waals surface area contributed by atoms with Gasteiger partial charge in [-0.15, -0.1) is 0 Å². The number of phosphoric ester groups is 1. The Morgan fingerprint density at radius 3 is 1.12 bits per heavy atom. The minimum atomic E-state index is -4.52. The van der Waals surface area contributed by atoms with E-state index >= 15 is 0 Å². The summed E-state index contributed by atoms with van der Waals surface area (Å²) >= 11 is 0. The molecule has 0 bridgehead atoms. The van der Waals surface area contributed by atoms with Gasteiger partial charge in [0.15, 0.2) is 0 Å². The molecule has 0 heterocycles. The lowest BCUT2D eigenvalue weighted by Gasteiger charge is -2.20. The van der Waals surface area contributed by atoms with Crippen molar-refractivity contribution in [2.45, 2.75) is 315 Å². The average molecular weight is 973 g/mol. The first-order valence-corrected chi connectivity index (χ1v) is 30.7. The number of ether oxygens (including phenoxy) is 2. The van der Waals surface area contributed by atoms with Crippen molar-refractivity contribution >= 4 is 13.8 Å². The zero-order chi connectivity index (χ0) is 48.8. The summed E-state index contributed by atoms with van der Waals surface area (Å²) < 4.78 is 33.7. The van der Waals surface area contributed by atoms with Crippen LogP contribution in [0.4, 0.5) is 0 Å². The van der Waals surface area contributed by atoms with Crippen molar-refractivity contribution in [2.75, 3.05) is 33.0 Å². The lowest BCUT2D eigenvalue weighted by Crippen LogP contribution is -2.29. The van der Waals surface area contributed by atoms with Crippen LogP contribution in [0.25, 0.3) is 0 Å². The minimum absolute atomic E-state index is 0.0560. The lowest BCUT2D eigenvalue weighted by molar-refractivity contribution is -0.154. The standard InChI is InChI=1S/C57H113O9P/c1-3-5-7-9-11-13-15-17-19-21-23-25-27-28-30-32-34-36-38-40-42-44-46-48-50-63-53-56(54-65-67(61,62)64-52-55(59)51-58)66-57(60)49-47-45-43-41-39-37-35-33-31-29-26-24-22-20-18-16-14-12-10-8-6-4-2/h21,23,55-56,58-59H,3-20,22,24-54H2,1-2H3,(H,61,62)/b23-21-. The van der Waals surface area contributed by atoms with Gasteiger partial charge in [0.25, 0.3) is 0 Å². The molecule has 10 heteroatoms. The van der Waals surface area contributed by atoms with Gasteiger partial charge in [-0.25, -0.2) is 4.57 Å². The topological polar surface area (TPSA) is 132 Å². The molecule has 0 fully saturated rings. The fourth-order valence-electron chi connectivity index (χ4n) is 8.77. The van der Waals surface area contributed by atoms with Gasteiger partial charge in [0.1, 0.15) is 12.2 Å². The van der Waals surface area contributed by atoms with Crippen molar-refractivity contribution in [1.29, 1.82) is 0 Å². The van der Waals surface area contributed by atoms with Crippen LogP contribution in [0.3, 0.4) is 0 Å². The molecule has 0 aliphatic carbocycles. The second kappa shape index (κ2) is 54.5. The SMILES string of the molecule is CCCCCCCCCC/C=C\CCCCCCCCCCCCCCOCC(COP(=O)(O)OCC(O)CO)OC(=O)CCCCCCCCCCCCCCCCCCCCCCCC. The lowest BCUT2D eigenvalue weighted by atomic mass is 10.0. The predicted octanol–water partition coefficient (Wildman–Crippen LogP) is 17.6. The van der Waals surface area contributed by atoms with Crippen molar-refractivity contribution in [1.82, 2.24) is 0 Å². The normalized spacial score (nSPS) is 13.7. The number of hydrogen-bond donors (Lipinski definition) is 3. The molecule has 0 amide bonds. The van der Waals surface area contributed by atoms with E-state index in [1.54, 1.807) is 0 Å². The van der Waals surface area contributed by atoms with E-state index in [2.05, 4.69) is 26.0 Å². The van der Waals surface area contributed by atoms with Gasteiger partial charge < -0.3 is 24.6 Å². The van der Waals surface area contributed by atoms with Gasteiger partial charge in [0, 0.05) is 13.0 Å². The van der Waals surface area contributed by atoms with E-state index in [9.17, 15) is 19.4 Å². The Morgan fingerprint density at radius 1 is 0.448 bits per heavy atom. The van der Waals surface area contributed by atoms with Crippen molar-refractivity contribution in [2.24, 2.45) is 0 Å². The molecule has 0 aromatic heterocycles. The molecule has 0 radical (unpaired) electrons. The average Bonchev–Trinajstić information content (AvgIpc) is 3.32. The zero-order valence-corrected chi connectivity index (χ0v) is 45.3. The minimum Gasteiger partial charge on any atom is -0.457 e. The van der Waals surface area contributed by atoms with E-state index < -0.39 is 33.2 Å². The number of phosphoric acid groups is 1. The maximum Gasteiger partial charge on any atom is 0.472 e. The molecule has 3 N–H and O–H groups in total. The molecule has 0 saturated heterocycles. The van der Waals surface area contributed by atoms with Crippen LogP contribution in [-0.2, 0) is 27.9 Å². The highest BCUT2D eigenvalue weighted by Crippen LogP contribution is 2.43. The van der Waals surface area contributed by atoms with E-state index in [1.807, 2.05) is 0 Å². The van der Waals surface area contributed by atoms with Crippen LogP contribution in [0.1, 0.15) is 303 Å². The van der Waals surface area contributed by atoms with Gasteiger partial charge in [-0.05, 0) is 38.5 Å². The largest absolute Gasteiger partial charge is 0.472 e. The van der Waals surface area contributed by atoms with Crippen LogP contribution in [0.2, 0.25) is 0 Å². The summed E-state index contributed by atoms with van der Waals surface area (Å²) in [7, 11) is -4.52. The Hall–Kier alpha value is -0.800. The van der Waals surface area contributed by atoms with Gasteiger partial charge in [-0.3, -0.25) is 13.8 Å². The van der Waals surface area contributed by atoms with Crippen LogP contribution in [0.15, 0.2) is 12.2 Å². The number of unbranched alkanes of at least 4 members (excludes halogenated alkanes) is 41. The van der Waals surface area contributed by atoms with Gasteiger partial charge in [0.05, 0.1) is 26.4 Å². The van der Waals surface area contributed by atoms with Gasteiger partial charge in [-0.2, -0.15) is 0 Å². The molecular formula is C57H113O9P. The number of aliphatic hydroxyl groups excluding tert-OH is 2. The Labute approximate surface area is 415 Å². The molecule has 0 spiro atoms. The predicted molar refractivity (Wildman–Crippen MR) is 284 cm³/mol. The Kier molecular flexibility index (Phi) is 53.9. The van der Waals surface area contributed by atoms with Gasteiger partial charge in [0.2, 0.25) is 0 Å². The second-order valence-corrected chi connectivity index (χ2v) is 21.5. The van der Waals surface area contributed by atoms with Crippen molar-refractivity contribution < 1.29 is 43.0 Å². The fourth-order valence-corrected chi connectivity index (χ4v) is 9.56. The monoisotopic (exact) mass is 973 g/mol. The Balaban J connectivity index is 3.95. The zero-order valence-electron chi connectivity index (χ0n) is 44.4. The first kappa shape index (κ1) is 66.2. The summed E-state index contributed by atoms with van der Waals surface area (Å²) in [4.78, 5) is 22.8. The molecule has 400 valence electrons. The number of allylic oxidation sites excluding steroid dienone is 2. The molecule has 0 aliphatic heterocycles. The smallest absolute Gasteiger partial charge is 0.457 e. The highest BCUT2D eigenvalue weighted by atomic mass is 31.2. The maximum absolute atomic E-state index is 12.7. The first-order chi connectivity index (χ1) is 32.8. The molecule has 0 aliphatic rings. The maximum atomic E-state index is 12.7. The van der Waals surface area contributed by atoms with E-state index in [4.69, 9.17) is 23.6 Å². The number of carbonyl (C=O) groups excluding carboxylic acids is 1. The molecule has 0 aromatic rings. The van der Waals surface area contributed by atoms with Crippen molar-refractivity contribution in [3.63, 3.8) is 0 Å². The molecule has 3 unspecified atom stereocenters. The van der Waals surface area contributed by atoms with E-state index in [0.717, 1.165) is 32.1 Å². The highest BCUT2D eigenvalue weighted by molar-refractivity contribution is 7.47. The molecular weight excluding hydrogens is 860 g/mol. The van der Waals surface area contributed by atoms with E-state index in [-0.39, 0.29) is 25.6 Å². The van der Waals surface area contributed by atoms with Crippen molar-refractivity contribution in [3.8, 4) is 0 Å². The second-order valence-electron chi connectivity index (χ2n) is 20.0. The fraction of sp³-hybridized carbons (Fsp3) is 0.947. The summed E-state index contributed by atoms with van der Waals surface area (Å²) in [5.74, 6) is -0.373. The quantitative estimate of drug-likeness (QED) is 0.0236. The molecule has 0 aromatic carbocycles. The third kappa shape index (κ3) is 54.4.